The van der Waals surface area contributed by atoms with Crippen LogP contribution in [0.1, 0.15) is 51.5 Å². The largest absolute Gasteiger partial charge is 0.310 e. The van der Waals surface area contributed by atoms with Gasteiger partial charge in [0.25, 0.3) is 0 Å². The molecule has 0 unspecified atom stereocenters. The Balaban J connectivity index is 2.06. The minimum atomic E-state index is -3.40. The van der Waals surface area contributed by atoms with Crippen LogP contribution in [0.2, 0.25) is 0 Å². The van der Waals surface area contributed by atoms with E-state index >= 15 is 0 Å². The summed E-state index contributed by atoms with van der Waals surface area (Å²) < 4.78 is 27.8. The Morgan fingerprint density at radius 3 is 2.57 bits per heavy atom. The minimum absolute atomic E-state index is 0.0983. The minimum Gasteiger partial charge on any atom is -0.310 e. The first-order valence-electron chi connectivity index (χ1n) is 7.82. The molecule has 0 spiro atoms. The van der Waals surface area contributed by atoms with E-state index in [1.807, 2.05) is 12.1 Å². The highest BCUT2D eigenvalue weighted by Gasteiger charge is 2.21. The van der Waals surface area contributed by atoms with Gasteiger partial charge in [-0.1, -0.05) is 45.2 Å². The lowest BCUT2D eigenvalue weighted by atomic mass is 9.96. The van der Waals surface area contributed by atoms with E-state index in [1.165, 1.54) is 6.42 Å². The molecule has 0 aliphatic heterocycles. The highest BCUT2D eigenvalue weighted by molar-refractivity contribution is 7.89. The zero-order chi connectivity index (χ0) is 15.3. The first kappa shape index (κ1) is 16.5. The Morgan fingerprint density at radius 1 is 1.19 bits per heavy atom. The zero-order valence-electron chi connectivity index (χ0n) is 12.9. The van der Waals surface area contributed by atoms with Gasteiger partial charge < -0.3 is 5.32 Å². The summed E-state index contributed by atoms with van der Waals surface area (Å²) in [5.74, 6) is 0. The number of hydrogen-bond donors (Lipinski definition) is 2. The third-order valence-electron chi connectivity index (χ3n) is 3.85. The highest BCUT2D eigenvalue weighted by Crippen LogP contribution is 2.20. The van der Waals surface area contributed by atoms with Gasteiger partial charge in [0.05, 0.1) is 4.90 Å². The van der Waals surface area contributed by atoms with Crippen LogP contribution in [0.15, 0.2) is 29.2 Å². The molecule has 0 atom stereocenters. The average Bonchev–Trinajstić information content (AvgIpc) is 2.46. The summed E-state index contributed by atoms with van der Waals surface area (Å²) in [7, 11) is -3.40. The molecule has 1 saturated carbocycles. The quantitative estimate of drug-likeness (QED) is 0.849. The van der Waals surface area contributed by atoms with Gasteiger partial charge in [-0.3, -0.25) is 0 Å². The maximum Gasteiger partial charge on any atom is 0.240 e. The fourth-order valence-corrected chi connectivity index (χ4v) is 4.03. The van der Waals surface area contributed by atoms with Crippen molar-refractivity contribution in [2.75, 3.05) is 0 Å². The van der Waals surface area contributed by atoms with Crippen molar-refractivity contribution in [1.29, 1.82) is 0 Å². The van der Waals surface area contributed by atoms with Gasteiger partial charge in [0, 0.05) is 18.6 Å². The van der Waals surface area contributed by atoms with Crippen molar-refractivity contribution in [2.45, 2.75) is 69.5 Å². The molecule has 0 aromatic heterocycles. The lowest BCUT2D eigenvalue weighted by Gasteiger charge is -2.22. The van der Waals surface area contributed by atoms with Crippen LogP contribution in [0.3, 0.4) is 0 Å². The number of nitrogens with one attached hydrogen (secondary N) is 2. The molecular weight excluding hydrogens is 284 g/mol. The normalized spacial score (nSPS) is 17.3. The molecule has 0 amide bonds. The molecule has 0 bridgehead atoms. The molecule has 1 aliphatic carbocycles. The van der Waals surface area contributed by atoms with Crippen LogP contribution in [0.4, 0.5) is 0 Å². The number of rotatable bonds is 6. The zero-order valence-corrected chi connectivity index (χ0v) is 13.7. The molecule has 5 heteroatoms. The first-order valence-corrected chi connectivity index (χ1v) is 9.30. The fraction of sp³-hybridized carbons (Fsp3) is 0.625. The van der Waals surface area contributed by atoms with Crippen molar-refractivity contribution in [1.82, 2.24) is 10.0 Å². The van der Waals surface area contributed by atoms with Gasteiger partial charge in [-0.25, -0.2) is 13.1 Å². The summed E-state index contributed by atoms with van der Waals surface area (Å²) in [5.41, 5.74) is 0.996. The van der Waals surface area contributed by atoms with Crippen LogP contribution in [-0.2, 0) is 16.6 Å². The maximum atomic E-state index is 12.5. The third-order valence-corrected chi connectivity index (χ3v) is 5.37. The van der Waals surface area contributed by atoms with E-state index in [1.54, 1.807) is 12.1 Å². The molecular formula is C16H26N2O2S. The van der Waals surface area contributed by atoms with Crippen LogP contribution < -0.4 is 10.0 Å². The van der Waals surface area contributed by atoms with Crippen LogP contribution in [-0.4, -0.2) is 20.5 Å². The summed E-state index contributed by atoms with van der Waals surface area (Å²) in [6.45, 7) is 4.83. The van der Waals surface area contributed by atoms with Gasteiger partial charge in [0.15, 0.2) is 0 Å². The van der Waals surface area contributed by atoms with E-state index in [0.717, 1.165) is 31.2 Å². The van der Waals surface area contributed by atoms with Gasteiger partial charge >= 0.3 is 0 Å². The van der Waals surface area contributed by atoms with Crippen LogP contribution >= 0.6 is 0 Å². The van der Waals surface area contributed by atoms with Gasteiger partial charge in [-0.15, -0.1) is 0 Å². The molecule has 1 aromatic carbocycles. The van der Waals surface area contributed by atoms with Gasteiger partial charge in [0.1, 0.15) is 0 Å². The number of hydrogen-bond acceptors (Lipinski definition) is 3. The van der Waals surface area contributed by atoms with Gasteiger partial charge in [-0.2, -0.15) is 0 Å². The standard InChI is InChI=1S/C16H26N2O2S/c1-13(2)17-12-14-7-6-10-16(11-14)21(19,20)18-15-8-4-3-5-9-15/h6-7,10-11,13,15,17-18H,3-5,8-9,12H2,1-2H3. The molecule has 118 valence electrons. The van der Waals surface area contributed by atoms with Crippen molar-refractivity contribution < 1.29 is 8.42 Å². The van der Waals surface area contributed by atoms with Gasteiger partial charge in [0.2, 0.25) is 10.0 Å². The Labute approximate surface area is 128 Å². The smallest absolute Gasteiger partial charge is 0.240 e. The Morgan fingerprint density at radius 2 is 1.90 bits per heavy atom. The fourth-order valence-electron chi connectivity index (χ4n) is 2.65. The van der Waals surface area contributed by atoms with Crippen LogP contribution in [0, 0.1) is 0 Å². The van der Waals surface area contributed by atoms with Crippen molar-refractivity contribution in [3.8, 4) is 0 Å². The maximum absolute atomic E-state index is 12.5. The summed E-state index contributed by atoms with van der Waals surface area (Å²) >= 11 is 0. The number of benzene rings is 1. The Hall–Kier alpha value is -0.910. The molecule has 0 radical (unpaired) electrons. The Kier molecular flexibility index (Phi) is 5.79. The van der Waals surface area contributed by atoms with E-state index in [4.69, 9.17) is 0 Å². The molecule has 2 N–H and O–H groups in total. The second kappa shape index (κ2) is 7.38. The Bertz CT molecular complexity index is 549. The molecule has 0 heterocycles. The summed E-state index contributed by atoms with van der Waals surface area (Å²) in [4.78, 5) is 0.371. The molecule has 2 rings (SSSR count). The van der Waals surface area contributed by atoms with Crippen molar-refractivity contribution in [2.24, 2.45) is 0 Å². The SMILES string of the molecule is CC(C)NCc1cccc(S(=O)(=O)NC2CCCCC2)c1. The highest BCUT2D eigenvalue weighted by atomic mass is 32.2. The third kappa shape index (κ3) is 5.09. The summed E-state index contributed by atoms with van der Waals surface area (Å²) in [5, 5.41) is 3.31. The topological polar surface area (TPSA) is 58.2 Å². The number of sulfonamides is 1. The lowest BCUT2D eigenvalue weighted by molar-refractivity contribution is 0.412. The molecule has 1 fully saturated rings. The van der Waals surface area contributed by atoms with E-state index in [9.17, 15) is 8.42 Å². The molecule has 1 aromatic rings. The monoisotopic (exact) mass is 310 g/mol. The molecule has 4 nitrogen and oxygen atoms in total. The van der Waals surface area contributed by atoms with Crippen molar-refractivity contribution in [3.63, 3.8) is 0 Å². The van der Waals surface area contributed by atoms with E-state index in [0.29, 0.717) is 17.5 Å². The molecule has 1 aliphatic rings. The first-order chi connectivity index (χ1) is 9.97. The predicted octanol–water partition coefficient (Wildman–Crippen LogP) is 2.80. The van der Waals surface area contributed by atoms with E-state index in [2.05, 4.69) is 23.9 Å². The molecule has 0 saturated heterocycles. The average molecular weight is 310 g/mol. The summed E-state index contributed by atoms with van der Waals surface area (Å²) in [6, 6.07) is 7.68. The second-order valence-corrected chi connectivity index (χ2v) is 7.85. The van der Waals surface area contributed by atoms with Crippen molar-refractivity contribution >= 4 is 10.0 Å². The predicted molar refractivity (Wildman–Crippen MR) is 85.6 cm³/mol. The van der Waals surface area contributed by atoms with E-state index in [-0.39, 0.29) is 6.04 Å². The second-order valence-electron chi connectivity index (χ2n) is 6.14. The van der Waals surface area contributed by atoms with Crippen molar-refractivity contribution in [3.05, 3.63) is 29.8 Å². The lowest BCUT2D eigenvalue weighted by Crippen LogP contribution is -2.36. The molecule has 21 heavy (non-hydrogen) atoms. The van der Waals surface area contributed by atoms with E-state index < -0.39 is 10.0 Å². The van der Waals surface area contributed by atoms with Crippen LogP contribution in [0.5, 0.6) is 0 Å². The van der Waals surface area contributed by atoms with Crippen LogP contribution in [0.25, 0.3) is 0 Å². The van der Waals surface area contributed by atoms with Gasteiger partial charge in [-0.05, 0) is 30.5 Å². The summed E-state index contributed by atoms with van der Waals surface area (Å²) in [6.07, 6.45) is 5.35.